The van der Waals surface area contributed by atoms with Gasteiger partial charge in [-0.15, -0.1) is 12.4 Å². The molecule has 1 fully saturated rings. The van der Waals surface area contributed by atoms with E-state index < -0.39 is 0 Å². The first-order chi connectivity index (χ1) is 8.52. The van der Waals surface area contributed by atoms with Crippen LogP contribution < -0.4 is 5.73 Å². The molecule has 1 aliphatic heterocycles. The Morgan fingerprint density at radius 2 is 2.21 bits per heavy atom. The van der Waals surface area contributed by atoms with E-state index in [9.17, 15) is 4.79 Å². The molecular weight excluding hydrogens is 264 g/mol. The number of carbonyl (C=O) groups excluding carboxylic acids is 1. The van der Waals surface area contributed by atoms with Gasteiger partial charge in [-0.05, 0) is 38.7 Å². The highest BCUT2D eigenvalue weighted by atomic mass is 35.5. The summed E-state index contributed by atoms with van der Waals surface area (Å²) in [6, 6.07) is 1.99. The third-order valence-electron chi connectivity index (χ3n) is 3.78. The summed E-state index contributed by atoms with van der Waals surface area (Å²) in [6.45, 7) is 7.25. The van der Waals surface area contributed by atoms with Gasteiger partial charge in [-0.3, -0.25) is 4.79 Å². The van der Waals surface area contributed by atoms with Gasteiger partial charge in [0, 0.05) is 19.1 Å². The Kier molecular flexibility index (Phi) is 5.44. The van der Waals surface area contributed by atoms with E-state index in [0.717, 1.165) is 25.1 Å². The van der Waals surface area contributed by atoms with Crippen LogP contribution in [-0.2, 0) is 0 Å². The quantitative estimate of drug-likeness (QED) is 0.909. The minimum Gasteiger partial charge on any atom is -0.466 e. The van der Waals surface area contributed by atoms with Crippen molar-refractivity contribution in [1.29, 1.82) is 0 Å². The average Bonchev–Trinajstić information content (AvgIpc) is 2.67. The number of amides is 1. The molecule has 108 valence electrons. The summed E-state index contributed by atoms with van der Waals surface area (Å²) < 4.78 is 5.44. The number of halogens is 1. The fraction of sp³-hybridized carbons (Fsp3) is 0.643. The molecule has 2 rings (SSSR count). The number of furan rings is 1. The number of rotatable bonds is 2. The van der Waals surface area contributed by atoms with Crippen LogP contribution in [0.4, 0.5) is 0 Å². The van der Waals surface area contributed by atoms with E-state index in [0.29, 0.717) is 23.8 Å². The van der Waals surface area contributed by atoms with Crippen LogP contribution in [0.25, 0.3) is 0 Å². The standard InChI is InChI=1S/C14H22N2O2.ClH/c1-9-4-5-16(12(6-9)8-15)14(17)13-7-10(2)18-11(13)3;/h7,9,12H,4-6,8,15H2,1-3H3;1H. The fourth-order valence-corrected chi connectivity index (χ4v) is 2.74. The van der Waals surface area contributed by atoms with E-state index in [2.05, 4.69) is 6.92 Å². The molecule has 0 aliphatic carbocycles. The summed E-state index contributed by atoms with van der Waals surface area (Å²) in [6.07, 6.45) is 2.05. The topological polar surface area (TPSA) is 59.5 Å². The first kappa shape index (κ1) is 16.1. The number of aryl methyl sites for hydroxylation is 2. The number of nitrogens with two attached hydrogens (primary N) is 1. The number of hydrogen-bond acceptors (Lipinski definition) is 3. The Morgan fingerprint density at radius 3 is 2.74 bits per heavy atom. The van der Waals surface area contributed by atoms with Crippen molar-refractivity contribution in [2.24, 2.45) is 11.7 Å². The maximum absolute atomic E-state index is 12.5. The van der Waals surface area contributed by atoms with Crippen LogP contribution in [0.15, 0.2) is 10.5 Å². The lowest BCUT2D eigenvalue weighted by molar-refractivity contribution is 0.0572. The van der Waals surface area contributed by atoms with E-state index in [1.807, 2.05) is 24.8 Å². The van der Waals surface area contributed by atoms with Crippen molar-refractivity contribution in [3.8, 4) is 0 Å². The van der Waals surface area contributed by atoms with Crippen LogP contribution >= 0.6 is 12.4 Å². The van der Waals surface area contributed by atoms with Gasteiger partial charge in [0.15, 0.2) is 0 Å². The summed E-state index contributed by atoms with van der Waals surface area (Å²) in [4.78, 5) is 14.4. The van der Waals surface area contributed by atoms with Crippen LogP contribution in [-0.4, -0.2) is 29.9 Å². The van der Waals surface area contributed by atoms with E-state index in [-0.39, 0.29) is 24.4 Å². The second kappa shape index (κ2) is 6.44. The van der Waals surface area contributed by atoms with Gasteiger partial charge in [-0.2, -0.15) is 0 Å². The number of likely N-dealkylation sites (tertiary alicyclic amines) is 1. The molecule has 2 N–H and O–H groups in total. The Hall–Kier alpha value is -1.000. The number of nitrogens with zero attached hydrogens (tertiary/aromatic N) is 1. The second-order valence-electron chi connectivity index (χ2n) is 5.34. The van der Waals surface area contributed by atoms with Crippen LogP contribution in [0.2, 0.25) is 0 Å². The van der Waals surface area contributed by atoms with Crippen molar-refractivity contribution in [1.82, 2.24) is 4.90 Å². The number of piperidine rings is 1. The molecule has 1 aromatic rings. The average molecular weight is 287 g/mol. The summed E-state index contributed by atoms with van der Waals surface area (Å²) in [5.74, 6) is 2.19. The van der Waals surface area contributed by atoms with E-state index >= 15 is 0 Å². The molecule has 4 nitrogen and oxygen atoms in total. The summed E-state index contributed by atoms with van der Waals surface area (Å²) in [5, 5.41) is 0. The predicted molar refractivity (Wildman–Crippen MR) is 77.7 cm³/mol. The Labute approximate surface area is 120 Å². The lowest BCUT2D eigenvalue weighted by Gasteiger charge is -2.37. The molecule has 5 heteroatoms. The minimum absolute atomic E-state index is 0. The molecule has 0 spiro atoms. The third-order valence-corrected chi connectivity index (χ3v) is 3.78. The summed E-state index contributed by atoms with van der Waals surface area (Å²) in [7, 11) is 0. The maximum atomic E-state index is 12.5. The molecule has 1 aliphatic rings. The predicted octanol–water partition coefficient (Wildman–Crippen LogP) is 2.52. The largest absolute Gasteiger partial charge is 0.466 e. The SMILES string of the molecule is Cc1cc(C(=O)N2CCC(C)CC2CN)c(C)o1.Cl. The molecule has 0 radical (unpaired) electrons. The monoisotopic (exact) mass is 286 g/mol. The highest BCUT2D eigenvalue weighted by molar-refractivity contribution is 5.95. The van der Waals surface area contributed by atoms with Crippen molar-refractivity contribution >= 4 is 18.3 Å². The van der Waals surface area contributed by atoms with E-state index in [1.165, 1.54) is 0 Å². The molecule has 1 aromatic heterocycles. The molecule has 0 saturated carbocycles. The smallest absolute Gasteiger partial charge is 0.257 e. The number of carbonyl (C=O) groups is 1. The lowest BCUT2D eigenvalue weighted by atomic mass is 9.92. The number of hydrogen-bond donors (Lipinski definition) is 1. The third kappa shape index (κ3) is 3.31. The molecule has 0 bridgehead atoms. The lowest BCUT2D eigenvalue weighted by Crippen LogP contribution is -2.49. The van der Waals surface area contributed by atoms with Gasteiger partial charge in [0.05, 0.1) is 5.56 Å². The van der Waals surface area contributed by atoms with Gasteiger partial charge < -0.3 is 15.1 Å². The highest BCUT2D eigenvalue weighted by Crippen LogP contribution is 2.25. The zero-order valence-electron chi connectivity index (χ0n) is 11.8. The first-order valence-corrected chi connectivity index (χ1v) is 6.61. The van der Waals surface area contributed by atoms with Gasteiger partial charge in [0.25, 0.3) is 5.91 Å². The normalized spacial score (nSPS) is 23.1. The van der Waals surface area contributed by atoms with Crippen LogP contribution in [0.3, 0.4) is 0 Å². The van der Waals surface area contributed by atoms with Crippen molar-refractivity contribution in [3.63, 3.8) is 0 Å². The van der Waals surface area contributed by atoms with Gasteiger partial charge in [0.1, 0.15) is 11.5 Å². The van der Waals surface area contributed by atoms with Crippen molar-refractivity contribution in [2.45, 2.75) is 39.7 Å². The summed E-state index contributed by atoms with van der Waals surface area (Å²) in [5.41, 5.74) is 6.48. The maximum Gasteiger partial charge on any atom is 0.257 e. The summed E-state index contributed by atoms with van der Waals surface area (Å²) >= 11 is 0. The molecule has 2 atom stereocenters. The van der Waals surface area contributed by atoms with Crippen LogP contribution in [0, 0.1) is 19.8 Å². The zero-order valence-corrected chi connectivity index (χ0v) is 12.6. The van der Waals surface area contributed by atoms with Gasteiger partial charge in [-0.1, -0.05) is 6.92 Å². The van der Waals surface area contributed by atoms with E-state index in [1.54, 1.807) is 0 Å². The molecular formula is C14H23ClN2O2. The van der Waals surface area contributed by atoms with Crippen molar-refractivity contribution < 1.29 is 9.21 Å². The molecule has 19 heavy (non-hydrogen) atoms. The van der Waals surface area contributed by atoms with Gasteiger partial charge >= 0.3 is 0 Å². The van der Waals surface area contributed by atoms with E-state index in [4.69, 9.17) is 10.2 Å². The van der Waals surface area contributed by atoms with Gasteiger partial charge in [0.2, 0.25) is 0 Å². The fourth-order valence-electron chi connectivity index (χ4n) is 2.74. The second-order valence-corrected chi connectivity index (χ2v) is 5.34. The highest BCUT2D eigenvalue weighted by Gasteiger charge is 2.30. The van der Waals surface area contributed by atoms with Crippen molar-refractivity contribution in [3.05, 3.63) is 23.2 Å². The van der Waals surface area contributed by atoms with Gasteiger partial charge in [-0.25, -0.2) is 0 Å². The molecule has 2 unspecified atom stereocenters. The first-order valence-electron chi connectivity index (χ1n) is 6.61. The minimum atomic E-state index is 0. The van der Waals surface area contributed by atoms with Crippen LogP contribution in [0.1, 0.15) is 41.6 Å². The Bertz CT molecular complexity index is 445. The molecule has 0 aromatic carbocycles. The zero-order chi connectivity index (χ0) is 13.3. The van der Waals surface area contributed by atoms with Crippen molar-refractivity contribution in [2.75, 3.05) is 13.1 Å². The molecule has 1 amide bonds. The molecule has 2 heterocycles. The van der Waals surface area contributed by atoms with Crippen LogP contribution in [0.5, 0.6) is 0 Å². The molecule has 1 saturated heterocycles. The Balaban J connectivity index is 0.00000180. The Morgan fingerprint density at radius 1 is 1.53 bits per heavy atom.